The summed E-state index contributed by atoms with van der Waals surface area (Å²) in [6, 6.07) is 8.82. The van der Waals surface area contributed by atoms with Crippen molar-refractivity contribution in [1.29, 1.82) is 0 Å². The van der Waals surface area contributed by atoms with Crippen molar-refractivity contribution < 1.29 is 32.7 Å². The zero-order valence-corrected chi connectivity index (χ0v) is 19.4. The number of fused-ring (bicyclic) bond motifs is 2. The largest absolute Gasteiger partial charge is 0.494 e. The van der Waals surface area contributed by atoms with Gasteiger partial charge in [-0.1, -0.05) is 12.1 Å². The molecule has 0 radical (unpaired) electrons. The van der Waals surface area contributed by atoms with Gasteiger partial charge >= 0.3 is 13.1 Å². The number of ether oxygens (including phenoxy) is 3. The molecular weight excluding hydrogens is 426 g/mol. The summed E-state index contributed by atoms with van der Waals surface area (Å²) >= 11 is 0. The van der Waals surface area contributed by atoms with Gasteiger partial charge in [0.15, 0.2) is 0 Å². The van der Waals surface area contributed by atoms with Crippen molar-refractivity contribution >= 4 is 18.6 Å². The molecule has 1 saturated heterocycles. The highest BCUT2D eigenvalue weighted by Crippen LogP contribution is 2.42. The summed E-state index contributed by atoms with van der Waals surface area (Å²) in [5.74, 6) is 0.721. The van der Waals surface area contributed by atoms with Crippen LogP contribution >= 0.6 is 0 Å². The van der Waals surface area contributed by atoms with Crippen LogP contribution in [0.15, 0.2) is 30.3 Å². The second-order valence-electron chi connectivity index (χ2n) is 9.49. The van der Waals surface area contributed by atoms with Crippen molar-refractivity contribution in [1.82, 2.24) is 0 Å². The van der Waals surface area contributed by atoms with Gasteiger partial charge in [0.25, 0.3) is 0 Å². The Morgan fingerprint density at radius 2 is 2.09 bits per heavy atom. The lowest BCUT2D eigenvalue weighted by molar-refractivity contribution is -0.141. The van der Waals surface area contributed by atoms with E-state index in [2.05, 4.69) is 0 Å². The van der Waals surface area contributed by atoms with E-state index < -0.39 is 18.8 Å². The fraction of sp³-hybridized carbons (Fsp3) is 0.480. The molecule has 0 aromatic heterocycles. The number of halogens is 1. The van der Waals surface area contributed by atoms with E-state index in [1.807, 2.05) is 39.0 Å². The normalized spacial score (nSPS) is 24.9. The van der Waals surface area contributed by atoms with Gasteiger partial charge in [-0.05, 0) is 56.8 Å². The summed E-state index contributed by atoms with van der Waals surface area (Å²) in [5.41, 5.74) is 2.90. The number of carbonyl (C=O) groups excluding carboxylic acids is 1. The Kier molecular flexibility index (Phi) is 5.61. The molecule has 0 amide bonds. The fourth-order valence-electron chi connectivity index (χ4n) is 4.87. The van der Waals surface area contributed by atoms with Crippen LogP contribution in [0.2, 0.25) is 0 Å². The third-order valence-corrected chi connectivity index (χ3v) is 7.07. The number of benzene rings is 2. The van der Waals surface area contributed by atoms with Crippen LogP contribution in [0.1, 0.15) is 62.3 Å². The van der Waals surface area contributed by atoms with Gasteiger partial charge in [-0.3, -0.25) is 4.79 Å². The predicted molar refractivity (Wildman–Crippen MR) is 121 cm³/mol. The van der Waals surface area contributed by atoms with Gasteiger partial charge in [0.2, 0.25) is 0 Å². The van der Waals surface area contributed by atoms with Crippen molar-refractivity contribution in [2.24, 2.45) is 0 Å². The Balaban J connectivity index is 1.36. The van der Waals surface area contributed by atoms with Gasteiger partial charge in [-0.2, -0.15) is 0 Å². The van der Waals surface area contributed by atoms with Crippen LogP contribution in [0, 0.1) is 5.82 Å². The minimum absolute atomic E-state index is 0.0354. The van der Waals surface area contributed by atoms with Gasteiger partial charge in [0, 0.05) is 23.1 Å². The van der Waals surface area contributed by atoms with E-state index >= 15 is 0 Å². The number of esters is 1. The average molecular weight is 454 g/mol. The highest BCUT2D eigenvalue weighted by molar-refractivity contribution is 6.62. The van der Waals surface area contributed by atoms with E-state index in [1.165, 1.54) is 13.2 Å². The molecule has 2 aromatic rings. The molecule has 0 bridgehead atoms. The summed E-state index contributed by atoms with van der Waals surface area (Å²) in [4.78, 5) is 11.6. The van der Waals surface area contributed by atoms with Crippen LogP contribution in [0.5, 0.6) is 11.5 Å². The molecule has 2 heterocycles. The van der Waals surface area contributed by atoms with Crippen LogP contribution in [0.4, 0.5) is 4.39 Å². The lowest BCUT2D eigenvalue weighted by Crippen LogP contribution is -2.37. The first-order chi connectivity index (χ1) is 15.8. The van der Waals surface area contributed by atoms with Crippen molar-refractivity contribution in [2.75, 3.05) is 13.7 Å². The zero-order chi connectivity index (χ0) is 23.3. The number of carbonyl (C=O) groups is 1. The molecule has 3 atom stereocenters. The summed E-state index contributed by atoms with van der Waals surface area (Å²) in [5, 5.41) is 0. The molecule has 174 valence electrons. The molecule has 0 N–H and O–H groups in total. The highest BCUT2D eigenvalue weighted by Gasteiger charge is 2.46. The first-order valence-corrected chi connectivity index (χ1v) is 11.4. The van der Waals surface area contributed by atoms with Crippen LogP contribution in [0.25, 0.3) is 0 Å². The molecule has 2 aliphatic heterocycles. The molecule has 0 spiro atoms. The third kappa shape index (κ3) is 4.00. The highest BCUT2D eigenvalue weighted by atomic mass is 19.1. The topological polar surface area (TPSA) is 63.2 Å². The second-order valence-corrected chi connectivity index (χ2v) is 9.49. The number of hydrogen-bond donors (Lipinski definition) is 0. The zero-order valence-electron chi connectivity index (χ0n) is 19.4. The van der Waals surface area contributed by atoms with Crippen molar-refractivity contribution in [3.63, 3.8) is 0 Å². The third-order valence-electron chi connectivity index (χ3n) is 7.07. The smallest absolute Gasteiger partial charge is 0.492 e. The molecule has 8 heteroatoms. The van der Waals surface area contributed by atoms with E-state index in [4.69, 9.17) is 23.5 Å². The molecule has 3 unspecified atom stereocenters. The first-order valence-electron chi connectivity index (χ1n) is 11.4. The molecular formula is C25H28BFO6. The van der Waals surface area contributed by atoms with Crippen molar-refractivity contribution in [3.05, 3.63) is 52.8 Å². The fourth-order valence-corrected chi connectivity index (χ4v) is 4.87. The van der Waals surface area contributed by atoms with Crippen LogP contribution < -0.4 is 14.9 Å². The van der Waals surface area contributed by atoms with Gasteiger partial charge in [0.05, 0.1) is 31.8 Å². The van der Waals surface area contributed by atoms with E-state index in [0.29, 0.717) is 36.5 Å². The lowest BCUT2D eigenvalue weighted by atomic mass is 9.75. The van der Waals surface area contributed by atoms with Crippen molar-refractivity contribution in [2.45, 2.75) is 63.8 Å². The van der Waals surface area contributed by atoms with Crippen LogP contribution in [0.3, 0.4) is 0 Å². The molecule has 33 heavy (non-hydrogen) atoms. The maximum Gasteiger partial charge on any atom is 0.494 e. The Morgan fingerprint density at radius 3 is 2.82 bits per heavy atom. The van der Waals surface area contributed by atoms with Gasteiger partial charge < -0.3 is 23.5 Å². The predicted octanol–water partition coefficient (Wildman–Crippen LogP) is 3.84. The monoisotopic (exact) mass is 454 g/mol. The van der Waals surface area contributed by atoms with E-state index in [1.54, 1.807) is 6.07 Å². The molecule has 1 aliphatic carbocycles. The Labute approximate surface area is 193 Å². The quantitative estimate of drug-likeness (QED) is 0.506. The lowest BCUT2D eigenvalue weighted by Gasteiger charge is -2.21. The summed E-state index contributed by atoms with van der Waals surface area (Å²) < 4.78 is 43.9. The van der Waals surface area contributed by atoms with Gasteiger partial charge in [-0.15, -0.1) is 0 Å². The molecule has 6 nitrogen and oxygen atoms in total. The molecule has 3 aliphatic rings. The molecule has 0 saturated carbocycles. The SMILES string of the molecule is COC(=O)CC1COc2cc(OC3CCc4c(B5OC(C)C(C)(C)O5)ccc(F)c43)ccc21. The number of hydrogen-bond acceptors (Lipinski definition) is 6. The Bertz CT molecular complexity index is 1090. The Morgan fingerprint density at radius 1 is 1.27 bits per heavy atom. The maximum absolute atomic E-state index is 14.9. The van der Waals surface area contributed by atoms with Crippen LogP contribution in [-0.4, -0.2) is 38.5 Å². The summed E-state index contributed by atoms with van der Waals surface area (Å²) in [6.45, 7) is 6.41. The van der Waals surface area contributed by atoms with E-state index in [-0.39, 0.29) is 30.2 Å². The minimum Gasteiger partial charge on any atom is -0.492 e. The van der Waals surface area contributed by atoms with Crippen LogP contribution in [-0.2, 0) is 25.3 Å². The summed E-state index contributed by atoms with van der Waals surface area (Å²) in [6.07, 6.45) is 1.16. The van der Waals surface area contributed by atoms with Gasteiger partial charge in [0.1, 0.15) is 23.4 Å². The first kappa shape index (κ1) is 22.2. The molecule has 5 rings (SSSR count). The molecule has 1 fully saturated rings. The second kappa shape index (κ2) is 8.33. The van der Waals surface area contributed by atoms with Crippen molar-refractivity contribution in [3.8, 4) is 11.5 Å². The average Bonchev–Trinajstić information content (AvgIpc) is 3.45. The van der Waals surface area contributed by atoms with E-state index in [0.717, 1.165) is 16.6 Å². The van der Waals surface area contributed by atoms with E-state index in [9.17, 15) is 9.18 Å². The number of rotatable bonds is 5. The number of methoxy groups -OCH3 is 1. The molecule has 2 aromatic carbocycles. The summed E-state index contributed by atoms with van der Waals surface area (Å²) in [7, 11) is 0.870. The minimum atomic E-state index is -0.511. The van der Waals surface area contributed by atoms with Gasteiger partial charge in [-0.25, -0.2) is 4.39 Å². The Hall–Kier alpha value is -2.58. The maximum atomic E-state index is 14.9. The standard InChI is InChI=1S/C25H28BFO6/c1-14-25(2,3)33-26(32-14)19-8-9-20(27)24-18(19)7-10-21(24)31-16-5-6-17-15(11-23(28)29-4)13-30-22(17)12-16/h5-6,8-9,12,14-15,21H,7,10-11,13H2,1-4H3.